The van der Waals surface area contributed by atoms with Crippen LogP contribution < -0.4 is 0 Å². The van der Waals surface area contributed by atoms with Crippen molar-refractivity contribution < 1.29 is 0 Å². The molecule has 1 heterocycles. The molecule has 3 rings (SSSR count). The summed E-state index contributed by atoms with van der Waals surface area (Å²) in [7, 11) is 0. The molecule has 0 fully saturated rings. The van der Waals surface area contributed by atoms with Gasteiger partial charge in [0.25, 0.3) is 0 Å². The third-order valence-corrected chi connectivity index (χ3v) is 4.30. The van der Waals surface area contributed by atoms with E-state index in [1.165, 1.54) is 27.8 Å². The van der Waals surface area contributed by atoms with E-state index in [0.29, 0.717) is 0 Å². The molecule has 0 spiro atoms. The van der Waals surface area contributed by atoms with Gasteiger partial charge in [-0.15, -0.1) is 0 Å². The minimum absolute atomic E-state index is 1.08. The Hall–Kier alpha value is -2.15. The first-order chi connectivity index (χ1) is 10.8. The van der Waals surface area contributed by atoms with Crippen LogP contribution in [0.25, 0.3) is 11.1 Å². The van der Waals surface area contributed by atoms with Crippen molar-refractivity contribution in [2.75, 3.05) is 0 Å². The first-order valence-electron chi connectivity index (χ1n) is 8.25. The van der Waals surface area contributed by atoms with Crippen molar-refractivity contribution in [3.05, 3.63) is 77.1 Å². The van der Waals surface area contributed by atoms with E-state index >= 15 is 0 Å². The molecule has 1 nitrogen and oxygen atoms in total. The summed E-state index contributed by atoms with van der Waals surface area (Å²) in [4.78, 5) is 4.50. The van der Waals surface area contributed by atoms with Gasteiger partial charge in [-0.2, -0.15) is 0 Å². The van der Waals surface area contributed by atoms with Gasteiger partial charge >= 0.3 is 0 Å². The molecular formula is C21H23N. The highest BCUT2D eigenvalue weighted by molar-refractivity contribution is 5.85. The highest BCUT2D eigenvalue weighted by atomic mass is 14.7. The molecule has 0 atom stereocenters. The summed E-state index contributed by atoms with van der Waals surface area (Å²) in [6.45, 7) is 4.45. The van der Waals surface area contributed by atoms with Gasteiger partial charge in [0.1, 0.15) is 0 Å². The number of aromatic nitrogens is 1. The first kappa shape index (κ1) is 14.8. The van der Waals surface area contributed by atoms with Crippen LogP contribution in [0.5, 0.6) is 0 Å². The molecule has 0 amide bonds. The number of rotatable bonds is 4. The van der Waals surface area contributed by atoms with Gasteiger partial charge in [-0.25, -0.2) is 0 Å². The Morgan fingerprint density at radius 1 is 1.00 bits per heavy atom. The van der Waals surface area contributed by atoms with E-state index < -0.39 is 0 Å². The van der Waals surface area contributed by atoms with Crippen LogP contribution in [-0.4, -0.2) is 4.98 Å². The SMILES string of the molecule is CCc1cc(CC)cc(C2=CCCC(c3ccccn3)=C2)c1. The summed E-state index contributed by atoms with van der Waals surface area (Å²) in [5.41, 5.74) is 8.00. The molecule has 0 N–H and O–H groups in total. The maximum Gasteiger partial charge on any atom is 0.0661 e. The minimum Gasteiger partial charge on any atom is -0.257 e. The van der Waals surface area contributed by atoms with Gasteiger partial charge in [0.15, 0.2) is 0 Å². The summed E-state index contributed by atoms with van der Waals surface area (Å²) < 4.78 is 0. The highest BCUT2D eigenvalue weighted by Crippen LogP contribution is 2.31. The Morgan fingerprint density at radius 3 is 2.41 bits per heavy atom. The van der Waals surface area contributed by atoms with Crippen molar-refractivity contribution in [2.45, 2.75) is 39.5 Å². The van der Waals surface area contributed by atoms with Crippen LogP contribution in [0.2, 0.25) is 0 Å². The van der Waals surface area contributed by atoms with Crippen LogP contribution in [0.4, 0.5) is 0 Å². The fraction of sp³-hybridized carbons (Fsp3) is 0.286. The minimum atomic E-state index is 1.08. The standard InChI is InChI=1S/C21H23N/c1-3-16-12-17(4-2)14-20(13-16)18-8-7-9-19(15-18)21-10-5-6-11-22-21/h5-6,8,10-15H,3-4,7,9H2,1-2H3. The number of aryl methyl sites for hydroxylation is 2. The lowest BCUT2D eigenvalue weighted by Crippen LogP contribution is -1.97. The molecule has 0 saturated heterocycles. The topological polar surface area (TPSA) is 12.9 Å². The lowest BCUT2D eigenvalue weighted by Gasteiger charge is -2.15. The number of nitrogens with zero attached hydrogens (tertiary/aromatic N) is 1. The molecule has 1 aliphatic carbocycles. The fourth-order valence-electron chi connectivity index (χ4n) is 3.00. The average molecular weight is 289 g/mol. The Bertz CT molecular complexity index is 686. The molecule has 0 saturated carbocycles. The van der Waals surface area contributed by atoms with Gasteiger partial charge in [0.2, 0.25) is 0 Å². The molecule has 22 heavy (non-hydrogen) atoms. The van der Waals surface area contributed by atoms with E-state index in [2.05, 4.69) is 61.3 Å². The number of allylic oxidation sites excluding steroid dienone is 4. The van der Waals surface area contributed by atoms with E-state index in [1.807, 2.05) is 12.3 Å². The summed E-state index contributed by atoms with van der Waals surface area (Å²) in [5.74, 6) is 0. The molecule has 112 valence electrons. The van der Waals surface area contributed by atoms with E-state index in [-0.39, 0.29) is 0 Å². The van der Waals surface area contributed by atoms with Gasteiger partial charge in [0.05, 0.1) is 5.69 Å². The lowest BCUT2D eigenvalue weighted by molar-refractivity contribution is 1.04. The van der Waals surface area contributed by atoms with E-state index in [9.17, 15) is 0 Å². The zero-order chi connectivity index (χ0) is 15.4. The summed E-state index contributed by atoms with van der Waals surface area (Å²) in [6, 6.07) is 13.1. The molecule has 1 aromatic carbocycles. The van der Waals surface area contributed by atoms with Crippen molar-refractivity contribution in [3.63, 3.8) is 0 Å². The molecule has 1 heteroatoms. The van der Waals surface area contributed by atoms with Crippen LogP contribution in [0, 0.1) is 0 Å². The van der Waals surface area contributed by atoms with Crippen LogP contribution in [0.1, 0.15) is 49.1 Å². The van der Waals surface area contributed by atoms with Crippen molar-refractivity contribution in [1.29, 1.82) is 0 Å². The number of benzene rings is 1. The van der Waals surface area contributed by atoms with Crippen LogP contribution in [0.15, 0.2) is 54.7 Å². The zero-order valence-corrected chi connectivity index (χ0v) is 13.5. The van der Waals surface area contributed by atoms with Crippen LogP contribution >= 0.6 is 0 Å². The van der Waals surface area contributed by atoms with Gasteiger partial charge < -0.3 is 0 Å². The second kappa shape index (κ2) is 6.74. The maximum absolute atomic E-state index is 4.50. The van der Waals surface area contributed by atoms with Crippen LogP contribution in [-0.2, 0) is 12.8 Å². The molecule has 1 aliphatic rings. The molecule has 0 unspecified atom stereocenters. The van der Waals surface area contributed by atoms with Crippen LogP contribution in [0.3, 0.4) is 0 Å². The Morgan fingerprint density at radius 2 is 1.77 bits per heavy atom. The quantitative estimate of drug-likeness (QED) is 0.727. The van der Waals surface area contributed by atoms with Crippen molar-refractivity contribution in [1.82, 2.24) is 4.98 Å². The Labute approximate surface area is 133 Å². The van der Waals surface area contributed by atoms with Gasteiger partial charge in [-0.05, 0) is 71.7 Å². The monoisotopic (exact) mass is 289 g/mol. The summed E-state index contributed by atoms with van der Waals surface area (Å²) >= 11 is 0. The van der Waals surface area contributed by atoms with Gasteiger partial charge in [-0.3, -0.25) is 4.98 Å². The van der Waals surface area contributed by atoms with E-state index in [1.54, 1.807) is 0 Å². The van der Waals surface area contributed by atoms with Crippen molar-refractivity contribution in [2.24, 2.45) is 0 Å². The smallest absolute Gasteiger partial charge is 0.0661 e. The fourth-order valence-corrected chi connectivity index (χ4v) is 3.00. The molecular weight excluding hydrogens is 266 g/mol. The zero-order valence-electron chi connectivity index (χ0n) is 13.5. The average Bonchev–Trinajstić information content (AvgIpc) is 2.62. The first-order valence-corrected chi connectivity index (χ1v) is 8.25. The predicted molar refractivity (Wildman–Crippen MR) is 94.6 cm³/mol. The van der Waals surface area contributed by atoms with E-state index in [4.69, 9.17) is 0 Å². The summed E-state index contributed by atoms with van der Waals surface area (Å²) in [6.07, 6.45) is 10.9. The number of pyridine rings is 1. The maximum atomic E-state index is 4.50. The highest BCUT2D eigenvalue weighted by Gasteiger charge is 2.11. The third-order valence-electron chi connectivity index (χ3n) is 4.30. The Balaban J connectivity index is 1.98. The number of hydrogen-bond donors (Lipinski definition) is 0. The lowest BCUT2D eigenvalue weighted by atomic mass is 9.90. The third kappa shape index (κ3) is 3.19. The van der Waals surface area contributed by atoms with Crippen molar-refractivity contribution >= 4 is 11.1 Å². The van der Waals surface area contributed by atoms with Gasteiger partial charge in [0, 0.05) is 6.20 Å². The van der Waals surface area contributed by atoms with Crippen molar-refractivity contribution in [3.8, 4) is 0 Å². The number of hydrogen-bond acceptors (Lipinski definition) is 1. The van der Waals surface area contributed by atoms with Gasteiger partial charge in [-0.1, -0.05) is 44.2 Å². The second-order valence-electron chi connectivity index (χ2n) is 5.83. The Kier molecular flexibility index (Phi) is 4.53. The largest absolute Gasteiger partial charge is 0.257 e. The molecule has 0 bridgehead atoms. The molecule has 0 radical (unpaired) electrons. The molecule has 1 aromatic heterocycles. The predicted octanol–water partition coefficient (Wildman–Crippen LogP) is 5.47. The second-order valence-corrected chi connectivity index (χ2v) is 5.83. The van der Waals surface area contributed by atoms with E-state index in [0.717, 1.165) is 31.4 Å². The molecule has 0 aliphatic heterocycles. The normalized spacial score (nSPS) is 14.5. The summed E-state index contributed by atoms with van der Waals surface area (Å²) in [5, 5.41) is 0. The molecule has 2 aromatic rings.